The fourth-order valence-electron chi connectivity index (χ4n) is 1.30. The third kappa shape index (κ3) is 5.92. The van der Waals surface area contributed by atoms with Crippen molar-refractivity contribution < 1.29 is 4.74 Å². The zero-order valence-corrected chi connectivity index (χ0v) is 10.7. The number of aliphatic imine (C=N–C) groups is 1. The highest BCUT2D eigenvalue weighted by Gasteiger charge is 2.09. The zero-order chi connectivity index (χ0) is 12.9. The monoisotopic (exact) mass is 235 g/mol. The molecule has 0 saturated heterocycles. The minimum Gasteiger partial charge on any atom is -0.371 e. The van der Waals surface area contributed by atoms with Crippen molar-refractivity contribution in [1.82, 2.24) is 0 Å². The number of hydrogen-bond acceptors (Lipinski definition) is 2. The van der Waals surface area contributed by atoms with Gasteiger partial charge in [-0.25, -0.2) is 4.99 Å². The molecule has 0 spiro atoms. The van der Waals surface area contributed by atoms with Crippen LogP contribution in [0.1, 0.15) is 31.9 Å². The van der Waals surface area contributed by atoms with E-state index in [-0.39, 0.29) is 11.6 Å². The highest BCUT2D eigenvalue weighted by Crippen LogP contribution is 2.13. The molecule has 0 heterocycles. The molecule has 94 valence electrons. The average molecular weight is 235 g/mol. The standard InChI is InChI=1S/C13H21N3O/c1-13(2,3)17-9-11-6-4-5-10(7-11)8-16-12(14)15/h4-7H,8-9H2,1-3H3,(H4,14,15,16). The van der Waals surface area contributed by atoms with Gasteiger partial charge in [-0.15, -0.1) is 0 Å². The lowest BCUT2D eigenvalue weighted by molar-refractivity contribution is -0.0149. The molecule has 0 aliphatic carbocycles. The minimum atomic E-state index is -0.129. The molecular weight excluding hydrogens is 214 g/mol. The van der Waals surface area contributed by atoms with Crippen LogP contribution in [0.2, 0.25) is 0 Å². The maximum absolute atomic E-state index is 5.71. The summed E-state index contributed by atoms with van der Waals surface area (Å²) in [6, 6.07) is 8.06. The predicted molar refractivity (Wildman–Crippen MR) is 70.5 cm³/mol. The first-order valence-corrected chi connectivity index (χ1v) is 5.64. The Morgan fingerprint density at radius 3 is 2.47 bits per heavy atom. The van der Waals surface area contributed by atoms with Gasteiger partial charge in [-0.05, 0) is 31.9 Å². The number of hydrogen-bond donors (Lipinski definition) is 2. The van der Waals surface area contributed by atoms with E-state index in [4.69, 9.17) is 16.2 Å². The number of guanidine groups is 1. The Labute approximate surface area is 103 Å². The molecule has 17 heavy (non-hydrogen) atoms. The van der Waals surface area contributed by atoms with E-state index in [1.807, 2.05) is 39.0 Å². The van der Waals surface area contributed by atoms with Crippen LogP contribution in [0.15, 0.2) is 29.3 Å². The van der Waals surface area contributed by atoms with Gasteiger partial charge in [-0.2, -0.15) is 0 Å². The maximum atomic E-state index is 5.71. The van der Waals surface area contributed by atoms with E-state index >= 15 is 0 Å². The van der Waals surface area contributed by atoms with Gasteiger partial charge >= 0.3 is 0 Å². The van der Waals surface area contributed by atoms with Gasteiger partial charge in [0.05, 0.1) is 18.8 Å². The summed E-state index contributed by atoms with van der Waals surface area (Å²) in [6.07, 6.45) is 0. The summed E-state index contributed by atoms with van der Waals surface area (Å²) in [5, 5.41) is 0. The first kappa shape index (κ1) is 13.5. The fourth-order valence-corrected chi connectivity index (χ4v) is 1.30. The Balaban J connectivity index is 2.63. The van der Waals surface area contributed by atoms with Gasteiger partial charge in [0, 0.05) is 0 Å². The lowest BCUT2D eigenvalue weighted by Gasteiger charge is -2.19. The van der Waals surface area contributed by atoms with Crippen LogP contribution in [0.5, 0.6) is 0 Å². The van der Waals surface area contributed by atoms with Crippen molar-refractivity contribution in [2.24, 2.45) is 16.5 Å². The lowest BCUT2D eigenvalue weighted by Crippen LogP contribution is -2.22. The molecule has 4 N–H and O–H groups in total. The van der Waals surface area contributed by atoms with Crippen molar-refractivity contribution in [2.75, 3.05) is 0 Å². The Bertz CT molecular complexity index is 390. The van der Waals surface area contributed by atoms with Gasteiger partial charge in [0.25, 0.3) is 0 Å². The smallest absolute Gasteiger partial charge is 0.186 e. The van der Waals surface area contributed by atoms with Gasteiger partial charge in [-0.3, -0.25) is 0 Å². The van der Waals surface area contributed by atoms with Crippen LogP contribution in [0.4, 0.5) is 0 Å². The number of rotatable bonds is 4. The summed E-state index contributed by atoms with van der Waals surface area (Å²) < 4.78 is 5.71. The number of benzene rings is 1. The van der Waals surface area contributed by atoms with Crippen LogP contribution in [0.3, 0.4) is 0 Å². The van der Waals surface area contributed by atoms with Crippen molar-refractivity contribution in [3.8, 4) is 0 Å². The van der Waals surface area contributed by atoms with E-state index in [9.17, 15) is 0 Å². The van der Waals surface area contributed by atoms with Gasteiger partial charge in [0.15, 0.2) is 5.96 Å². The molecule has 1 aromatic carbocycles. The molecule has 1 aromatic rings. The van der Waals surface area contributed by atoms with E-state index in [0.29, 0.717) is 13.2 Å². The molecule has 0 amide bonds. The largest absolute Gasteiger partial charge is 0.371 e. The Kier molecular flexibility index (Phi) is 4.52. The van der Waals surface area contributed by atoms with Crippen molar-refractivity contribution in [3.05, 3.63) is 35.4 Å². The molecule has 0 aliphatic heterocycles. The van der Waals surface area contributed by atoms with E-state index < -0.39 is 0 Å². The summed E-state index contributed by atoms with van der Waals surface area (Å²) >= 11 is 0. The third-order valence-electron chi connectivity index (χ3n) is 2.11. The van der Waals surface area contributed by atoms with Crippen molar-refractivity contribution >= 4 is 5.96 Å². The van der Waals surface area contributed by atoms with Gasteiger partial charge in [0.1, 0.15) is 0 Å². The molecule has 0 bridgehead atoms. The highest BCUT2D eigenvalue weighted by molar-refractivity contribution is 5.75. The molecule has 1 rings (SSSR count). The van der Waals surface area contributed by atoms with E-state index in [1.165, 1.54) is 0 Å². The Hall–Kier alpha value is -1.55. The summed E-state index contributed by atoms with van der Waals surface area (Å²) in [6.45, 7) is 7.22. The molecule has 4 nitrogen and oxygen atoms in total. The summed E-state index contributed by atoms with van der Waals surface area (Å²) in [7, 11) is 0. The van der Waals surface area contributed by atoms with Crippen molar-refractivity contribution in [3.63, 3.8) is 0 Å². The second-order valence-electron chi connectivity index (χ2n) is 4.96. The minimum absolute atomic E-state index is 0.112. The molecule has 0 fully saturated rings. The molecule has 0 atom stereocenters. The van der Waals surface area contributed by atoms with Crippen LogP contribution in [0, 0.1) is 0 Å². The van der Waals surface area contributed by atoms with E-state index in [0.717, 1.165) is 11.1 Å². The number of ether oxygens (including phenoxy) is 1. The second kappa shape index (κ2) is 5.68. The summed E-state index contributed by atoms with van der Waals surface area (Å²) in [4.78, 5) is 3.98. The van der Waals surface area contributed by atoms with Crippen molar-refractivity contribution in [2.45, 2.75) is 39.5 Å². The molecule has 0 aromatic heterocycles. The maximum Gasteiger partial charge on any atom is 0.186 e. The second-order valence-corrected chi connectivity index (χ2v) is 4.96. The number of nitrogens with zero attached hydrogens (tertiary/aromatic N) is 1. The predicted octanol–water partition coefficient (Wildman–Crippen LogP) is 1.78. The van der Waals surface area contributed by atoms with Crippen LogP contribution >= 0.6 is 0 Å². The van der Waals surface area contributed by atoms with Crippen LogP contribution in [0.25, 0.3) is 0 Å². The summed E-state index contributed by atoms with van der Waals surface area (Å²) in [5.74, 6) is 0.112. The fraction of sp³-hybridized carbons (Fsp3) is 0.462. The molecule has 4 heteroatoms. The van der Waals surface area contributed by atoms with E-state index in [2.05, 4.69) is 11.1 Å². The zero-order valence-electron chi connectivity index (χ0n) is 10.7. The SMILES string of the molecule is CC(C)(C)OCc1cccc(CN=C(N)N)c1. The summed E-state index contributed by atoms with van der Waals surface area (Å²) in [5.41, 5.74) is 12.7. The average Bonchev–Trinajstić information content (AvgIpc) is 2.23. The molecule has 0 radical (unpaired) electrons. The third-order valence-corrected chi connectivity index (χ3v) is 2.11. The highest BCUT2D eigenvalue weighted by atomic mass is 16.5. The quantitative estimate of drug-likeness (QED) is 0.617. The first-order valence-electron chi connectivity index (χ1n) is 5.64. The first-order chi connectivity index (χ1) is 7.87. The van der Waals surface area contributed by atoms with Gasteiger partial charge < -0.3 is 16.2 Å². The van der Waals surface area contributed by atoms with Gasteiger partial charge in [0.2, 0.25) is 0 Å². The number of nitrogens with two attached hydrogens (primary N) is 2. The lowest BCUT2D eigenvalue weighted by atomic mass is 10.1. The molecule has 0 saturated carbocycles. The van der Waals surface area contributed by atoms with Crippen LogP contribution < -0.4 is 11.5 Å². The normalized spacial score (nSPS) is 11.2. The van der Waals surface area contributed by atoms with E-state index in [1.54, 1.807) is 0 Å². The van der Waals surface area contributed by atoms with Gasteiger partial charge in [-0.1, -0.05) is 24.3 Å². The Morgan fingerprint density at radius 2 is 1.88 bits per heavy atom. The van der Waals surface area contributed by atoms with Crippen LogP contribution in [-0.4, -0.2) is 11.6 Å². The molecular formula is C13H21N3O. The molecule has 0 unspecified atom stereocenters. The topological polar surface area (TPSA) is 73.6 Å². The van der Waals surface area contributed by atoms with Crippen molar-refractivity contribution in [1.29, 1.82) is 0 Å². The van der Waals surface area contributed by atoms with Crippen LogP contribution in [-0.2, 0) is 17.9 Å². The molecule has 0 aliphatic rings. The Morgan fingerprint density at radius 1 is 1.24 bits per heavy atom.